The van der Waals surface area contributed by atoms with Gasteiger partial charge < -0.3 is 10.1 Å². The highest BCUT2D eigenvalue weighted by molar-refractivity contribution is 6.30. The lowest BCUT2D eigenvalue weighted by Gasteiger charge is -2.10. The molecule has 0 aliphatic heterocycles. The van der Waals surface area contributed by atoms with Crippen LogP contribution in [0, 0.1) is 13.8 Å². The Hall–Kier alpha value is -1.74. The minimum Gasteiger partial charge on any atom is -0.496 e. The van der Waals surface area contributed by atoms with Crippen LogP contribution in [0.3, 0.4) is 0 Å². The third-order valence-corrected chi connectivity index (χ3v) is 3.37. The Morgan fingerprint density at radius 3 is 2.63 bits per heavy atom. The molecular weight excluding hydrogens is 260 g/mol. The van der Waals surface area contributed by atoms with Crippen molar-refractivity contribution in [1.29, 1.82) is 0 Å². The minimum absolute atomic E-state index is 0.547. The second-order valence-corrected chi connectivity index (χ2v) is 4.85. The number of hydrogen-bond acceptors (Lipinski definition) is 3. The predicted molar refractivity (Wildman–Crippen MR) is 79.0 cm³/mol. The molecule has 0 aliphatic rings. The second kappa shape index (κ2) is 5.93. The van der Waals surface area contributed by atoms with Crippen LogP contribution in [0.2, 0.25) is 5.15 Å². The number of methoxy groups -OCH3 is 1. The summed E-state index contributed by atoms with van der Waals surface area (Å²) in [7, 11) is 1.68. The van der Waals surface area contributed by atoms with Gasteiger partial charge in [0.15, 0.2) is 0 Å². The van der Waals surface area contributed by atoms with E-state index in [4.69, 9.17) is 16.3 Å². The van der Waals surface area contributed by atoms with Crippen molar-refractivity contribution in [3.63, 3.8) is 0 Å². The molecule has 1 heterocycles. The summed E-state index contributed by atoms with van der Waals surface area (Å²) in [6, 6.07) is 8.14. The standard InChI is InChI=1S/C15H17ClN2O/c1-10-6-12(4-5-14(10)19-3)8-17-13-7-11(2)15(16)18-9-13/h4-7,9,17H,8H2,1-3H3. The van der Waals surface area contributed by atoms with Gasteiger partial charge in [0.2, 0.25) is 0 Å². The Labute approximate surface area is 118 Å². The van der Waals surface area contributed by atoms with Crippen LogP contribution < -0.4 is 10.1 Å². The van der Waals surface area contributed by atoms with E-state index < -0.39 is 0 Å². The largest absolute Gasteiger partial charge is 0.496 e. The van der Waals surface area contributed by atoms with Gasteiger partial charge in [0, 0.05) is 6.54 Å². The van der Waals surface area contributed by atoms with Gasteiger partial charge in [0.1, 0.15) is 10.9 Å². The molecule has 0 fully saturated rings. The third-order valence-electron chi connectivity index (χ3n) is 2.97. The fourth-order valence-corrected chi connectivity index (χ4v) is 2.01. The van der Waals surface area contributed by atoms with Crippen LogP contribution in [0.25, 0.3) is 0 Å². The molecular formula is C15H17ClN2O. The van der Waals surface area contributed by atoms with Gasteiger partial charge in [-0.25, -0.2) is 4.98 Å². The number of halogens is 1. The molecule has 0 saturated heterocycles. The molecule has 0 unspecified atom stereocenters. The molecule has 2 rings (SSSR count). The zero-order chi connectivity index (χ0) is 13.8. The maximum atomic E-state index is 5.90. The van der Waals surface area contributed by atoms with Gasteiger partial charge in [-0.2, -0.15) is 0 Å². The SMILES string of the molecule is COc1ccc(CNc2cnc(Cl)c(C)c2)cc1C. The van der Waals surface area contributed by atoms with Crippen LogP contribution in [0.5, 0.6) is 5.75 Å². The van der Waals surface area contributed by atoms with Gasteiger partial charge in [-0.05, 0) is 42.7 Å². The maximum Gasteiger partial charge on any atom is 0.132 e. The van der Waals surface area contributed by atoms with Crippen molar-refractivity contribution in [2.45, 2.75) is 20.4 Å². The number of anilines is 1. The van der Waals surface area contributed by atoms with Gasteiger partial charge in [-0.3, -0.25) is 0 Å². The van der Waals surface area contributed by atoms with E-state index in [0.29, 0.717) is 5.15 Å². The van der Waals surface area contributed by atoms with E-state index in [0.717, 1.165) is 29.1 Å². The number of rotatable bonds is 4. The van der Waals surface area contributed by atoms with E-state index in [1.807, 2.05) is 26.0 Å². The Morgan fingerprint density at radius 1 is 1.21 bits per heavy atom. The quantitative estimate of drug-likeness (QED) is 0.858. The van der Waals surface area contributed by atoms with Crippen molar-refractivity contribution in [3.8, 4) is 5.75 Å². The zero-order valence-electron chi connectivity index (χ0n) is 11.3. The first-order valence-electron chi connectivity index (χ1n) is 6.09. The van der Waals surface area contributed by atoms with E-state index in [9.17, 15) is 0 Å². The lowest BCUT2D eigenvalue weighted by Crippen LogP contribution is -2.01. The second-order valence-electron chi connectivity index (χ2n) is 4.49. The Balaban J connectivity index is 2.05. The van der Waals surface area contributed by atoms with E-state index in [1.54, 1.807) is 13.3 Å². The summed E-state index contributed by atoms with van der Waals surface area (Å²) in [5.74, 6) is 0.910. The average Bonchev–Trinajstić information content (AvgIpc) is 2.40. The number of aryl methyl sites for hydroxylation is 2. The highest BCUT2D eigenvalue weighted by Crippen LogP contribution is 2.20. The monoisotopic (exact) mass is 276 g/mol. The highest BCUT2D eigenvalue weighted by Gasteiger charge is 2.02. The van der Waals surface area contributed by atoms with Crippen LogP contribution in [0.15, 0.2) is 30.5 Å². The summed E-state index contributed by atoms with van der Waals surface area (Å²) in [4.78, 5) is 4.12. The molecule has 1 aromatic heterocycles. The smallest absolute Gasteiger partial charge is 0.132 e. The van der Waals surface area contributed by atoms with Crippen molar-refractivity contribution in [2.24, 2.45) is 0 Å². The van der Waals surface area contributed by atoms with E-state index >= 15 is 0 Å². The molecule has 0 aliphatic carbocycles. The molecule has 100 valence electrons. The topological polar surface area (TPSA) is 34.1 Å². The van der Waals surface area contributed by atoms with Crippen molar-refractivity contribution in [2.75, 3.05) is 12.4 Å². The molecule has 3 nitrogen and oxygen atoms in total. The van der Waals surface area contributed by atoms with Crippen LogP contribution in [-0.4, -0.2) is 12.1 Å². The molecule has 1 aromatic carbocycles. The van der Waals surface area contributed by atoms with Gasteiger partial charge in [0.25, 0.3) is 0 Å². The molecule has 0 radical (unpaired) electrons. The maximum absolute atomic E-state index is 5.90. The van der Waals surface area contributed by atoms with E-state index in [2.05, 4.69) is 22.4 Å². The summed E-state index contributed by atoms with van der Waals surface area (Å²) in [5, 5.41) is 3.88. The Morgan fingerprint density at radius 2 is 2.00 bits per heavy atom. The first-order chi connectivity index (χ1) is 9.10. The third kappa shape index (κ3) is 3.38. The average molecular weight is 277 g/mol. The molecule has 4 heteroatoms. The fraction of sp³-hybridized carbons (Fsp3) is 0.267. The molecule has 1 N–H and O–H groups in total. The molecule has 0 amide bonds. The van der Waals surface area contributed by atoms with Crippen LogP contribution in [0.4, 0.5) is 5.69 Å². The van der Waals surface area contributed by atoms with Crippen molar-refractivity contribution >= 4 is 17.3 Å². The normalized spacial score (nSPS) is 10.3. The van der Waals surface area contributed by atoms with Crippen LogP contribution >= 0.6 is 11.6 Å². The molecule has 0 bridgehead atoms. The number of hydrogen-bond donors (Lipinski definition) is 1. The number of nitrogens with one attached hydrogen (secondary N) is 1. The number of benzene rings is 1. The summed E-state index contributed by atoms with van der Waals surface area (Å²) in [6.07, 6.45) is 1.74. The molecule has 0 saturated carbocycles. The lowest BCUT2D eigenvalue weighted by atomic mass is 10.1. The summed E-state index contributed by atoms with van der Waals surface area (Å²) in [5.41, 5.74) is 4.27. The zero-order valence-corrected chi connectivity index (χ0v) is 12.1. The molecule has 0 spiro atoms. The van der Waals surface area contributed by atoms with Gasteiger partial charge >= 0.3 is 0 Å². The summed E-state index contributed by atoms with van der Waals surface area (Å²) >= 11 is 5.90. The predicted octanol–water partition coefficient (Wildman–Crippen LogP) is 3.97. The number of nitrogens with zero attached hydrogens (tertiary/aromatic N) is 1. The number of pyridine rings is 1. The first-order valence-corrected chi connectivity index (χ1v) is 6.47. The number of ether oxygens (including phenoxy) is 1. The van der Waals surface area contributed by atoms with Crippen molar-refractivity contribution < 1.29 is 4.74 Å². The van der Waals surface area contributed by atoms with Crippen LogP contribution in [0.1, 0.15) is 16.7 Å². The highest BCUT2D eigenvalue weighted by atomic mass is 35.5. The van der Waals surface area contributed by atoms with E-state index in [1.165, 1.54) is 5.56 Å². The molecule has 19 heavy (non-hydrogen) atoms. The Kier molecular flexibility index (Phi) is 4.27. The molecule has 2 aromatic rings. The minimum atomic E-state index is 0.547. The van der Waals surface area contributed by atoms with Crippen LogP contribution in [-0.2, 0) is 6.54 Å². The lowest BCUT2D eigenvalue weighted by molar-refractivity contribution is 0.411. The first kappa shape index (κ1) is 13.7. The summed E-state index contributed by atoms with van der Waals surface area (Å²) < 4.78 is 5.25. The number of aromatic nitrogens is 1. The van der Waals surface area contributed by atoms with Gasteiger partial charge in [-0.15, -0.1) is 0 Å². The summed E-state index contributed by atoms with van der Waals surface area (Å²) in [6.45, 7) is 4.72. The van der Waals surface area contributed by atoms with Gasteiger partial charge in [-0.1, -0.05) is 23.7 Å². The van der Waals surface area contributed by atoms with Gasteiger partial charge in [0.05, 0.1) is 19.0 Å². The Bertz CT molecular complexity index is 584. The van der Waals surface area contributed by atoms with Crippen molar-refractivity contribution in [1.82, 2.24) is 4.98 Å². The van der Waals surface area contributed by atoms with E-state index in [-0.39, 0.29) is 0 Å². The molecule has 0 atom stereocenters. The fourth-order valence-electron chi connectivity index (χ4n) is 1.91. The van der Waals surface area contributed by atoms with Crippen molar-refractivity contribution in [3.05, 3.63) is 52.3 Å².